The molecule has 0 aliphatic carbocycles. The molecule has 1 rings (SSSR count). The molecule has 1 unspecified atom stereocenters. The van der Waals surface area contributed by atoms with Crippen molar-refractivity contribution in [3.63, 3.8) is 0 Å². The van der Waals surface area contributed by atoms with Crippen LogP contribution in [0.1, 0.15) is 20.8 Å². The van der Waals surface area contributed by atoms with E-state index in [1.54, 1.807) is 0 Å². The van der Waals surface area contributed by atoms with Gasteiger partial charge < -0.3 is 15.1 Å². The lowest BCUT2D eigenvalue weighted by Crippen LogP contribution is -2.40. The predicted molar refractivity (Wildman–Crippen MR) is 79.4 cm³/mol. The molecule has 4 nitrogen and oxygen atoms in total. The first-order valence-electron chi connectivity index (χ1n) is 6.70. The van der Waals surface area contributed by atoms with Gasteiger partial charge in [-0.05, 0) is 47.0 Å². The van der Waals surface area contributed by atoms with Gasteiger partial charge in [0, 0.05) is 25.7 Å². The van der Waals surface area contributed by atoms with Crippen LogP contribution in [0, 0.1) is 0 Å². The molecule has 1 aromatic heterocycles. The molecule has 1 heterocycles. The van der Waals surface area contributed by atoms with Crippen molar-refractivity contribution in [1.82, 2.24) is 9.88 Å². The zero-order valence-electron chi connectivity index (χ0n) is 12.3. The molecular weight excluding hydrogens is 224 g/mol. The van der Waals surface area contributed by atoms with Crippen LogP contribution in [-0.4, -0.2) is 49.7 Å². The maximum absolute atomic E-state index is 4.66. The first-order valence-corrected chi connectivity index (χ1v) is 6.70. The van der Waals surface area contributed by atoms with E-state index in [4.69, 9.17) is 0 Å². The fraction of sp³-hybridized carbons (Fsp3) is 0.643. The molecule has 102 valence electrons. The van der Waals surface area contributed by atoms with Gasteiger partial charge in [0.1, 0.15) is 11.6 Å². The Morgan fingerprint density at radius 3 is 2.56 bits per heavy atom. The molecular formula is C14H26N4. The summed E-state index contributed by atoms with van der Waals surface area (Å²) in [5, 5.41) is 3.26. The minimum Gasteiger partial charge on any atom is -0.370 e. The highest BCUT2D eigenvalue weighted by atomic mass is 15.2. The fourth-order valence-electron chi connectivity index (χ4n) is 2.19. The molecule has 1 atom stereocenters. The Kier molecular flexibility index (Phi) is 5.92. The van der Waals surface area contributed by atoms with E-state index in [-0.39, 0.29) is 0 Å². The van der Waals surface area contributed by atoms with Crippen LogP contribution in [0.4, 0.5) is 11.6 Å². The van der Waals surface area contributed by atoms with Gasteiger partial charge in [-0.25, -0.2) is 4.98 Å². The molecule has 4 heteroatoms. The molecule has 1 aromatic rings. The summed E-state index contributed by atoms with van der Waals surface area (Å²) in [5.41, 5.74) is 0. The molecule has 0 radical (unpaired) electrons. The van der Waals surface area contributed by atoms with Gasteiger partial charge in [0.05, 0.1) is 0 Å². The monoisotopic (exact) mass is 250 g/mol. The topological polar surface area (TPSA) is 31.4 Å². The van der Waals surface area contributed by atoms with E-state index in [2.05, 4.69) is 67.1 Å². The maximum Gasteiger partial charge on any atom is 0.131 e. The molecule has 0 saturated carbocycles. The molecule has 1 N–H and O–H groups in total. The predicted octanol–water partition coefficient (Wildman–Crippen LogP) is 2.29. The van der Waals surface area contributed by atoms with Gasteiger partial charge in [-0.2, -0.15) is 0 Å². The average molecular weight is 250 g/mol. The first kappa shape index (κ1) is 14.8. The lowest BCUT2D eigenvalue weighted by Gasteiger charge is -2.31. The summed E-state index contributed by atoms with van der Waals surface area (Å²) in [6, 6.07) is 6.61. The van der Waals surface area contributed by atoms with Crippen LogP contribution < -0.4 is 10.2 Å². The van der Waals surface area contributed by atoms with E-state index in [0.717, 1.165) is 31.3 Å². The molecule has 0 bridgehead atoms. The van der Waals surface area contributed by atoms with Gasteiger partial charge in [-0.1, -0.05) is 6.07 Å². The Hall–Kier alpha value is -1.29. The Labute approximate surface area is 111 Å². The normalized spacial score (nSPS) is 12.6. The number of hydrogen-bond donors (Lipinski definition) is 1. The quantitative estimate of drug-likeness (QED) is 0.804. The van der Waals surface area contributed by atoms with Crippen molar-refractivity contribution in [1.29, 1.82) is 0 Å². The van der Waals surface area contributed by atoms with Crippen LogP contribution in [0.3, 0.4) is 0 Å². The second-order valence-electron chi connectivity index (χ2n) is 4.81. The summed E-state index contributed by atoms with van der Waals surface area (Å²) < 4.78 is 0. The third kappa shape index (κ3) is 4.18. The molecule has 0 aliphatic rings. The zero-order valence-corrected chi connectivity index (χ0v) is 12.3. The smallest absolute Gasteiger partial charge is 0.131 e. The molecule has 18 heavy (non-hydrogen) atoms. The molecule has 0 aromatic carbocycles. The maximum atomic E-state index is 4.66. The summed E-state index contributed by atoms with van der Waals surface area (Å²) in [6.07, 6.45) is 0. The Balaban J connectivity index is 2.83. The molecule has 0 aliphatic heterocycles. The molecule has 0 spiro atoms. The Morgan fingerprint density at radius 1 is 1.28 bits per heavy atom. The number of nitrogens with zero attached hydrogens (tertiary/aromatic N) is 3. The van der Waals surface area contributed by atoms with Gasteiger partial charge in [0.15, 0.2) is 0 Å². The number of nitrogens with one attached hydrogen (secondary N) is 1. The SMILES string of the molecule is CCNc1cccc(N(CC)C(C)CN(C)C)n1. The second-order valence-corrected chi connectivity index (χ2v) is 4.81. The van der Waals surface area contributed by atoms with Crippen LogP contribution in [-0.2, 0) is 0 Å². The zero-order chi connectivity index (χ0) is 13.5. The highest BCUT2D eigenvalue weighted by Crippen LogP contribution is 2.17. The minimum atomic E-state index is 0.453. The fourth-order valence-corrected chi connectivity index (χ4v) is 2.19. The number of pyridine rings is 1. The highest BCUT2D eigenvalue weighted by molar-refractivity contribution is 5.47. The molecule has 0 fully saturated rings. The molecule has 0 amide bonds. The summed E-state index contributed by atoms with van der Waals surface area (Å²) in [4.78, 5) is 9.20. The Bertz CT molecular complexity index is 351. The lowest BCUT2D eigenvalue weighted by atomic mass is 10.2. The van der Waals surface area contributed by atoms with E-state index < -0.39 is 0 Å². The van der Waals surface area contributed by atoms with Gasteiger partial charge in [0.25, 0.3) is 0 Å². The van der Waals surface area contributed by atoms with E-state index in [1.807, 2.05) is 6.07 Å². The van der Waals surface area contributed by atoms with Gasteiger partial charge in [0.2, 0.25) is 0 Å². The molecule has 0 saturated heterocycles. The van der Waals surface area contributed by atoms with Crippen LogP contribution in [0.25, 0.3) is 0 Å². The van der Waals surface area contributed by atoms with Crippen molar-refractivity contribution in [3.05, 3.63) is 18.2 Å². The number of aromatic nitrogens is 1. The third-order valence-corrected chi connectivity index (χ3v) is 2.89. The van der Waals surface area contributed by atoms with E-state index in [9.17, 15) is 0 Å². The van der Waals surface area contributed by atoms with Crippen molar-refractivity contribution in [3.8, 4) is 0 Å². The third-order valence-electron chi connectivity index (χ3n) is 2.89. The number of rotatable bonds is 7. The largest absolute Gasteiger partial charge is 0.370 e. The standard InChI is InChI=1S/C14H26N4/c1-6-15-13-9-8-10-14(16-13)18(7-2)12(3)11-17(4)5/h8-10,12H,6-7,11H2,1-5H3,(H,15,16). The Morgan fingerprint density at radius 2 is 2.00 bits per heavy atom. The first-order chi connectivity index (χ1) is 8.58. The van der Waals surface area contributed by atoms with Gasteiger partial charge >= 0.3 is 0 Å². The summed E-state index contributed by atoms with van der Waals surface area (Å²) >= 11 is 0. The second kappa shape index (κ2) is 7.21. The van der Waals surface area contributed by atoms with Gasteiger partial charge in [-0.15, -0.1) is 0 Å². The summed E-state index contributed by atoms with van der Waals surface area (Å²) in [5.74, 6) is 2.00. The van der Waals surface area contributed by atoms with E-state index in [1.165, 1.54) is 0 Å². The van der Waals surface area contributed by atoms with Gasteiger partial charge in [-0.3, -0.25) is 0 Å². The van der Waals surface area contributed by atoms with E-state index >= 15 is 0 Å². The van der Waals surface area contributed by atoms with Crippen molar-refractivity contribution in [2.24, 2.45) is 0 Å². The lowest BCUT2D eigenvalue weighted by molar-refractivity contribution is 0.372. The number of hydrogen-bond acceptors (Lipinski definition) is 4. The number of likely N-dealkylation sites (N-methyl/N-ethyl adjacent to an activating group) is 2. The van der Waals surface area contributed by atoms with Crippen molar-refractivity contribution in [2.75, 3.05) is 43.9 Å². The van der Waals surface area contributed by atoms with Crippen LogP contribution >= 0.6 is 0 Å². The van der Waals surface area contributed by atoms with E-state index in [0.29, 0.717) is 6.04 Å². The van der Waals surface area contributed by atoms with Crippen LogP contribution in [0.5, 0.6) is 0 Å². The number of anilines is 2. The minimum absolute atomic E-state index is 0.453. The summed E-state index contributed by atoms with van der Waals surface area (Å²) in [6.45, 7) is 9.40. The summed E-state index contributed by atoms with van der Waals surface area (Å²) in [7, 11) is 4.21. The van der Waals surface area contributed by atoms with Crippen LogP contribution in [0.2, 0.25) is 0 Å². The van der Waals surface area contributed by atoms with Crippen molar-refractivity contribution >= 4 is 11.6 Å². The average Bonchev–Trinajstić information content (AvgIpc) is 2.30. The van der Waals surface area contributed by atoms with Crippen molar-refractivity contribution in [2.45, 2.75) is 26.8 Å². The van der Waals surface area contributed by atoms with Crippen LogP contribution in [0.15, 0.2) is 18.2 Å². The van der Waals surface area contributed by atoms with Crippen molar-refractivity contribution < 1.29 is 0 Å². The highest BCUT2D eigenvalue weighted by Gasteiger charge is 2.14.